The van der Waals surface area contributed by atoms with Crippen LogP contribution in [0.25, 0.3) is 0 Å². The van der Waals surface area contributed by atoms with Crippen molar-refractivity contribution in [3.63, 3.8) is 0 Å². The Morgan fingerprint density at radius 1 is 0.963 bits per heavy atom. The monoisotopic (exact) mass is 388 g/mol. The fourth-order valence-corrected chi connectivity index (χ4v) is 5.02. The summed E-state index contributed by atoms with van der Waals surface area (Å²) in [7, 11) is -3.51. The molecule has 2 atom stereocenters. The summed E-state index contributed by atoms with van der Waals surface area (Å²) in [5, 5.41) is 0. The van der Waals surface area contributed by atoms with Crippen molar-refractivity contribution >= 4 is 10.2 Å². The molecule has 0 aliphatic carbocycles. The highest BCUT2D eigenvalue weighted by Gasteiger charge is 2.30. The molecule has 0 radical (unpaired) electrons. The maximum absolute atomic E-state index is 12.7. The smallest absolute Gasteiger partial charge is 0.279 e. The number of hydrogen-bond acceptors (Lipinski definition) is 3. The van der Waals surface area contributed by atoms with E-state index in [-0.39, 0.29) is 18.1 Å². The fraction of sp³-hybridized carbons (Fsp3) is 0.429. The Morgan fingerprint density at radius 2 is 1.44 bits per heavy atom. The summed E-state index contributed by atoms with van der Waals surface area (Å²) < 4.78 is 35.3. The van der Waals surface area contributed by atoms with E-state index in [1.54, 1.807) is 0 Å². The van der Waals surface area contributed by atoms with Gasteiger partial charge in [0.15, 0.2) is 0 Å². The molecule has 0 saturated carbocycles. The predicted octanol–water partition coefficient (Wildman–Crippen LogP) is 3.15. The molecule has 1 saturated heterocycles. The van der Waals surface area contributed by atoms with E-state index in [1.807, 2.05) is 50.2 Å². The Bertz CT molecular complexity index is 762. The van der Waals surface area contributed by atoms with E-state index < -0.39 is 10.2 Å². The molecule has 0 aromatic heterocycles. The van der Waals surface area contributed by atoms with E-state index in [1.165, 1.54) is 15.4 Å². The van der Waals surface area contributed by atoms with Gasteiger partial charge in [-0.2, -0.15) is 12.7 Å². The largest absolute Gasteiger partial charge is 0.373 e. The molecule has 0 unspecified atom stereocenters. The van der Waals surface area contributed by atoms with Gasteiger partial charge in [-0.25, -0.2) is 4.72 Å². The van der Waals surface area contributed by atoms with Gasteiger partial charge in [-0.05, 0) is 31.4 Å². The summed E-state index contributed by atoms with van der Waals surface area (Å²) in [6, 6.07) is 20.4. The van der Waals surface area contributed by atoms with Gasteiger partial charge < -0.3 is 4.74 Å². The molecule has 2 aromatic rings. The van der Waals surface area contributed by atoms with E-state index in [2.05, 4.69) is 29.0 Å². The van der Waals surface area contributed by atoms with Gasteiger partial charge in [-0.1, -0.05) is 60.7 Å². The SMILES string of the molecule is C[C@@H]1CN(S(=O)(=O)NCCC(c2ccccc2)c2ccccc2)C[C@H](C)O1. The average molecular weight is 389 g/mol. The van der Waals surface area contributed by atoms with Gasteiger partial charge in [0.05, 0.1) is 12.2 Å². The standard InChI is InChI=1S/C21H28N2O3S/c1-17-15-23(16-18(2)26-17)27(24,25)22-14-13-21(19-9-5-3-6-10-19)20-11-7-4-8-12-20/h3-12,17-18,21-22H,13-16H2,1-2H3/t17-,18+. The highest BCUT2D eigenvalue weighted by Crippen LogP contribution is 2.27. The van der Waals surface area contributed by atoms with Crippen molar-refractivity contribution in [1.82, 2.24) is 9.03 Å². The van der Waals surface area contributed by atoms with Crippen LogP contribution in [0.3, 0.4) is 0 Å². The molecule has 2 aromatic carbocycles. The molecule has 0 spiro atoms. The van der Waals surface area contributed by atoms with Crippen molar-refractivity contribution in [3.05, 3.63) is 71.8 Å². The lowest BCUT2D eigenvalue weighted by atomic mass is 9.89. The van der Waals surface area contributed by atoms with Crippen molar-refractivity contribution in [1.29, 1.82) is 0 Å². The normalized spacial score (nSPS) is 21.4. The molecule has 1 fully saturated rings. The predicted molar refractivity (Wildman–Crippen MR) is 108 cm³/mol. The first-order chi connectivity index (χ1) is 13.0. The number of morpholine rings is 1. The lowest BCUT2D eigenvalue weighted by molar-refractivity contribution is -0.0443. The van der Waals surface area contributed by atoms with Crippen molar-refractivity contribution in [3.8, 4) is 0 Å². The summed E-state index contributed by atoms with van der Waals surface area (Å²) >= 11 is 0. The Hall–Kier alpha value is -1.73. The first kappa shape index (κ1) is 20.0. The van der Waals surface area contributed by atoms with E-state index >= 15 is 0 Å². The summed E-state index contributed by atoms with van der Waals surface area (Å²) in [5.41, 5.74) is 2.38. The topological polar surface area (TPSA) is 58.6 Å². The maximum atomic E-state index is 12.7. The van der Waals surface area contributed by atoms with Gasteiger partial charge >= 0.3 is 0 Å². The highest BCUT2D eigenvalue weighted by atomic mass is 32.2. The molecule has 1 N–H and O–H groups in total. The Morgan fingerprint density at radius 3 is 1.93 bits per heavy atom. The third-order valence-corrected chi connectivity index (χ3v) is 6.39. The van der Waals surface area contributed by atoms with Crippen LogP contribution in [-0.4, -0.2) is 44.6 Å². The molecular formula is C21H28N2O3S. The van der Waals surface area contributed by atoms with E-state index in [0.29, 0.717) is 26.1 Å². The zero-order chi connectivity index (χ0) is 19.3. The molecule has 0 amide bonds. The second-order valence-electron chi connectivity index (χ2n) is 7.14. The molecule has 146 valence electrons. The van der Waals surface area contributed by atoms with Crippen LogP contribution in [0, 0.1) is 0 Å². The lowest BCUT2D eigenvalue weighted by Crippen LogP contribution is -2.52. The van der Waals surface area contributed by atoms with Crippen LogP contribution >= 0.6 is 0 Å². The molecule has 5 nitrogen and oxygen atoms in total. The summed E-state index contributed by atoms with van der Waals surface area (Å²) in [5.74, 6) is 0.151. The third kappa shape index (κ3) is 5.39. The zero-order valence-corrected chi connectivity index (χ0v) is 16.7. The number of nitrogens with one attached hydrogen (secondary N) is 1. The minimum atomic E-state index is -3.51. The second kappa shape index (κ2) is 8.97. The van der Waals surface area contributed by atoms with Gasteiger partial charge in [0, 0.05) is 25.6 Å². The lowest BCUT2D eigenvalue weighted by Gasteiger charge is -2.34. The number of hydrogen-bond donors (Lipinski definition) is 1. The molecule has 1 aliphatic heterocycles. The zero-order valence-electron chi connectivity index (χ0n) is 15.9. The average Bonchev–Trinajstić information content (AvgIpc) is 2.66. The van der Waals surface area contributed by atoms with E-state index in [0.717, 1.165) is 0 Å². The molecule has 1 heterocycles. The summed E-state index contributed by atoms with van der Waals surface area (Å²) in [4.78, 5) is 0. The van der Waals surface area contributed by atoms with E-state index in [4.69, 9.17) is 4.74 Å². The summed E-state index contributed by atoms with van der Waals surface area (Å²) in [6.07, 6.45) is 0.515. The molecule has 3 rings (SSSR count). The van der Waals surface area contributed by atoms with Crippen LogP contribution in [0.2, 0.25) is 0 Å². The quantitative estimate of drug-likeness (QED) is 0.793. The van der Waals surface area contributed by atoms with Crippen molar-refractivity contribution < 1.29 is 13.2 Å². The van der Waals surface area contributed by atoms with Crippen molar-refractivity contribution in [2.45, 2.75) is 38.4 Å². The minimum Gasteiger partial charge on any atom is -0.373 e. The first-order valence-electron chi connectivity index (χ1n) is 9.46. The van der Waals surface area contributed by atoms with Crippen LogP contribution in [-0.2, 0) is 14.9 Å². The van der Waals surface area contributed by atoms with Crippen LogP contribution in [0.1, 0.15) is 37.3 Å². The van der Waals surface area contributed by atoms with Crippen molar-refractivity contribution in [2.24, 2.45) is 0 Å². The number of nitrogens with zero attached hydrogens (tertiary/aromatic N) is 1. The molecule has 1 aliphatic rings. The van der Waals surface area contributed by atoms with Crippen LogP contribution in [0.15, 0.2) is 60.7 Å². The maximum Gasteiger partial charge on any atom is 0.279 e. The highest BCUT2D eigenvalue weighted by molar-refractivity contribution is 7.87. The van der Waals surface area contributed by atoms with Crippen LogP contribution < -0.4 is 4.72 Å². The van der Waals surface area contributed by atoms with Crippen LogP contribution in [0.5, 0.6) is 0 Å². The number of benzene rings is 2. The van der Waals surface area contributed by atoms with Crippen molar-refractivity contribution in [2.75, 3.05) is 19.6 Å². The molecule has 6 heteroatoms. The fourth-order valence-electron chi connectivity index (χ4n) is 3.65. The molecule has 0 bridgehead atoms. The Kier molecular flexibility index (Phi) is 6.65. The third-order valence-electron chi connectivity index (χ3n) is 4.85. The molecule has 27 heavy (non-hydrogen) atoms. The van der Waals surface area contributed by atoms with Crippen LogP contribution in [0.4, 0.5) is 0 Å². The van der Waals surface area contributed by atoms with Gasteiger partial charge in [0.1, 0.15) is 0 Å². The number of rotatable bonds is 7. The Balaban J connectivity index is 1.67. The first-order valence-corrected chi connectivity index (χ1v) is 10.9. The summed E-state index contributed by atoms with van der Waals surface area (Å²) in [6.45, 7) is 4.97. The van der Waals surface area contributed by atoms with Gasteiger partial charge in [0.25, 0.3) is 10.2 Å². The van der Waals surface area contributed by atoms with Gasteiger partial charge in [0.2, 0.25) is 0 Å². The van der Waals surface area contributed by atoms with Gasteiger partial charge in [-0.15, -0.1) is 0 Å². The molecular weight excluding hydrogens is 360 g/mol. The number of ether oxygens (including phenoxy) is 1. The minimum absolute atomic E-state index is 0.0910. The second-order valence-corrected chi connectivity index (χ2v) is 8.89. The Labute approximate surface area is 162 Å². The van der Waals surface area contributed by atoms with E-state index in [9.17, 15) is 8.42 Å². The van der Waals surface area contributed by atoms with Gasteiger partial charge in [-0.3, -0.25) is 0 Å².